The van der Waals surface area contributed by atoms with E-state index in [0.29, 0.717) is 17.5 Å². The van der Waals surface area contributed by atoms with Crippen molar-refractivity contribution in [1.82, 2.24) is 19.5 Å². The van der Waals surface area contributed by atoms with E-state index in [-0.39, 0.29) is 0 Å². The van der Waals surface area contributed by atoms with E-state index in [2.05, 4.69) is 247 Å². The van der Waals surface area contributed by atoms with Crippen molar-refractivity contribution in [3.8, 4) is 51.0 Å². The Morgan fingerprint density at radius 3 is 1.36 bits per heavy atom. The Balaban J connectivity index is 1.03. The van der Waals surface area contributed by atoms with Gasteiger partial charge in [0, 0.05) is 38.2 Å². The van der Waals surface area contributed by atoms with E-state index < -0.39 is 8.07 Å². The number of benzene rings is 10. The highest BCUT2D eigenvalue weighted by molar-refractivity contribution is 7.19. The minimum atomic E-state index is -2.77. The Kier molecular flexibility index (Phi) is 9.77. The van der Waals surface area contributed by atoms with Crippen LogP contribution in [-0.4, -0.2) is 27.6 Å². The second-order valence-electron chi connectivity index (χ2n) is 17.5. The molecule has 10 aromatic carbocycles. The smallest absolute Gasteiger partial charge is 0.179 e. The molecule has 0 N–H and O–H groups in total. The standard InChI is InChI=1S/C63H42N4OSi/c1-4-20-45(21-5-1)69(46-22-6-2-7-23-46,47-24-8-3-9-25-47)48-39-36-43(37-40-48)61-64-62(53-30-11-10-26-49(53)44-38-41-60-55(42-44)52-29-15-19-35-59(52)68-60)66-63(65-61)54-31-14-18-34-58(54)67-56-32-16-12-27-50(56)51-28-13-17-33-57(51)67/h1-42H. The van der Waals surface area contributed by atoms with Crippen molar-refractivity contribution < 1.29 is 4.42 Å². The molecule has 0 aliphatic heterocycles. The number of furan rings is 1. The van der Waals surface area contributed by atoms with Gasteiger partial charge in [0.2, 0.25) is 0 Å². The lowest BCUT2D eigenvalue weighted by molar-refractivity contribution is 0.669. The van der Waals surface area contributed by atoms with Gasteiger partial charge >= 0.3 is 0 Å². The zero-order chi connectivity index (χ0) is 45.7. The predicted molar refractivity (Wildman–Crippen MR) is 287 cm³/mol. The fourth-order valence-electron chi connectivity index (χ4n) is 10.5. The molecule has 0 atom stereocenters. The molecule has 13 aromatic rings. The molecule has 6 heteroatoms. The van der Waals surface area contributed by atoms with Crippen LogP contribution in [-0.2, 0) is 0 Å². The summed E-state index contributed by atoms with van der Waals surface area (Å²) in [4.78, 5) is 16.3. The lowest BCUT2D eigenvalue weighted by Gasteiger charge is -2.34. The number of nitrogens with zero attached hydrogens (tertiary/aromatic N) is 4. The first-order chi connectivity index (χ1) is 34.2. The molecule has 0 amide bonds. The first-order valence-electron chi connectivity index (χ1n) is 23.3. The summed E-state index contributed by atoms with van der Waals surface area (Å²) in [5.74, 6) is 1.77. The Morgan fingerprint density at radius 1 is 0.304 bits per heavy atom. The molecular formula is C63H42N4OSi. The highest BCUT2D eigenvalue weighted by Gasteiger charge is 2.41. The van der Waals surface area contributed by atoms with E-state index in [1.807, 2.05) is 12.1 Å². The number of hydrogen-bond acceptors (Lipinski definition) is 4. The van der Waals surface area contributed by atoms with Crippen LogP contribution < -0.4 is 20.7 Å². The van der Waals surface area contributed by atoms with Gasteiger partial charge in [-0.1, -0.05) is 212 Å². The third-order valence-electron chi connectivity index (χ3n) is 13.7. The number of fused-ring (bicyclic) bond motifs is 6. The molecule has 0 aliphatic carbocycles. The molecule has 0 radical (unpaired) electrons. The molecule has 0 saturated carbocycles. The molecule has 0 unspecified atom stereocenters. The van der Waals surface area contributed by atoms with Crippen molar-refractivity contribution in [2.24, 2.45) is 0 Å². The van der Waals surface area contributed by atoms with Crippen molar-refractivity contribution >= 4 is 72.6 Å². The van der Waals surface area contributed by atoms with Crippen LogP contribution >= 0.6 is 0 Å². The summed E-state index contributed by atoms with van der Waals surface area (Å²) in [5.41, 5.74) is 9.72. The highest BCUT2D eigenvalue weighted by Crippen LogP contribution is 2.39. The predicted octanol–water partition coefficient (Wildman–Crippen LogP) is 12.9. The quantitative estimate of drug-likeness (QED) is 0.107. The van der Waals surface area contributed by atoms with Gasteiger partial charge in [-0.15, -0.1) is 0 Å². The Morgan fingerprint density at radius 2 is 0.739 bits per heavy atom. The van der Waals surface area contributed by atoms with E-state index in [1.54, 1.807) is 0 Å². The Bertz CT molecular complexity index is 3860. The van der Waals surface area contributed by atoms with Gasteiger partial charge in [0.15, 0.2) is 25.5 Å². The van der Waals surface area contributed by atoms with Gasteiger partial charge in [-0.25, -0.2) is 15.0 Å². The molecule has 0 aliphatic rings. The molecule has 3 heterocycles. The van der Waals surface area contributed by atoms with Crippen LogP contribution in [0.3, 0.4) is 0 Å². The minimum absolute atomic E-state index is 0.587. The third-order valence-corrected chi connectivity index (χ3v) is 18.5. The van der Waals surface area contributed by atoms with Gasteiger partial charge in [-0.05, 0) is 74.3 Å². The maximum absolute atomic E-state index is 6.26. The van der Waals surface area contributed by atoms with Gasteiger partial charge in [-0.3, -0.25) is 0 Å². The molecule has 324 valence electrons. The lowest BCUT2D eigenvalue weighted by Crippen LogP contribution is -2.74. The molecule has 0 saturated heterocycles. The first kappa shape index (κ1) is 40.3. The van der Waals surface area contributed by atoms with Gasteiger partial charge in [0.1, 0.15) is 11.2 Å². The van der Waals surface area contributed by atoms with Crippen LogP contribution in [0.5, 0.6) is 0 Å². The Hall–Kier alpha value is -8.97. The number of hydrogen-bond donors (Lipinski definition) is 0. The van der Waals surface area contributed by atoms with Crippen molar-refractivity contribution in [3.63, 3.8) is 0 Å². The largest absolute Gasteiger partial charge is 0.456 e. The average molecular weight is 899 g/mol. The van der Waals surface area contributed by atoms with Crippen molar-refractivity contribution in [3.05, 3.63) is 255 Å². The van der Waals surface area contributed by atoms with E-state index in [9.17, 15) is 0 Å². The topological polar surface area (TPSA) is 56.7 Å². The zero-order valence-corrected chi connectivity index (χ0v) is 38.4. The molecule has 3 aromatic heterocycles. The molecule has 0 spiro atoms. The summed E-state index contributed by atoms with van der Waals surface area (Å²) in [6.45, 7) is 0. The van der Waals surface area contributed by atoms with Gasteiger partial charge in [0.05, 0.1) is 16.7 Å². The molecule has 13 rings (SSSR count). The summed E-state index contributed by atoms with van der Waals surface area (Å²) in [6.07, 6.45) is 0. The van der Waals surface area contributed by atoms with Crippen LogP contribution in [0.1, 0.15) is 0 Å². The number of aromatic nitrogens is 4. The van der Waals surface area contributed by atoms with Crippen LogP contribution in [0.25, 0.3) is 94.7 Å². The van der Waals surface area contributed by atoms with Gasteiger partial charge in [0.25, 0.3) is 0 Å². The van der Waals surface area contributed by atoms with Crippen molar-refractivity contribution in [2.45, 2.75) is 0 Å². The lowest BCUT2D eigenvalue weighted by atomic mass is 9.97. The maximum atomic E-state index is 6.26. The fraction of sp³-hybridized carbons (Fsp3) is 0. The monoisotopic (exact) mass is 898 g/mol. The summed E-state index contributed by atoms with van der Waals surface area (Å²) < 4.78 is 8.60. The third kappa shape index (κ3) is 6.72. The first-order valence-corrected chi connectivity index (χ1v) is 25.3. The summed E-state index contributed by atoms with van der Waals surface area (Å²) in [6, 6.07) is 90.8. The Labute approximate surface area is 400 Å². The van der Waals surface area contributed by atoms with Crippen molar-refractivity contribution in [1.29, 1.82) is 0 Å². The van der Waals surface area contributed by atoms with E-state index >= 15 is 0 Å². The second-order valence-corrected chi connectivity index (χ2v) is 21.3. The normalized spacial score (nSPS) is 11.8. The van der Waals surface area contributed by atoms with E-state index in [4.69, 9.17) is 19.4 Å². The number of para-hydroxylation sites is 4. The summed E-state index contributed by atoms with van der Waals surface area (Å²) in [7, 11) is -2.77. The van der Waals surface area contributed by atoms with Crippen molar-refractivity contribution in [2.75, 3.05) is 0 Å². The zero-order valence-electron chi connectivity index (χ0n) is 37.4. The maximum Gasteiger partial charge on any atom is 0.179 e. The minimum Gasteiger partial charge on any atom is -0.456 e. The molecular weight excluding hydrogens is 857 g/mol. The molecule has 0 bridgehead atoms. The second kappa shape index (κ2) is 16.7. The van der Waals surface area contributed by atoms with Crippen LogP contribution in [0.4, 0.5) is 0 Å². The number of rotatable bonds is 9. The van der Waals surface area contributed by atoms with E-state index in [1.165, 1.54) is 31.5 Å². The van der Waals surface area contributed by atoms with Crippen LogP contribution in [0.15, 0.2) is 259 Å². The van der Waals surface area contributed by atoms with Crippen LogP contribution in [0.2, 0.25) is 0 Å². The SMILES string of the molecule is c1ccc([Si](c2ccccc2)(c2ccccc2)c2ccc(-c3nc(-c4ccccc4-c4ccc5oc6ccccc6c5c4)nc(-c4ccccc4-n4c5ccccc5c5ccccc54)n3)cc2)cc1. The van der Waals surface area contributed by atoms with E-state index in [0.717, 1.165) is 66.5 Å². The molecule has 0 fully saturated rings. The van der Waals surface area contributed by atoms with Gasteiger partial charge in [-0.2, -0.15) is 0 Å². The summed E-state index contributed by atoms with van der Waals surface area (Å²) in [5, 5.41) is 9.76. The average Bonchev–Trinajstić information content (AvgIpc) is 3.98. The van der Waals surface area contributed by atoms with Gasteiger partial charge < -0.3 is 8.98 Å². The summed E-state index contributed by atoms with van der Waals surface area (Å²) >= 11 is 0. The molecule has 69 heavy (non-hydrogen) atoms. The molecule has 5 nitrogen and oxygen atoms in total. The highest BCUT2D eigenvalue weighted by atomic mass is 28.3. The fourth-order valence-corrected chi connectivity index (χ4v) is 15.3. The van der Waals surface area contributed by atoms with Crippen LogP contribution in [0, 0.1) is 0 Å².